The van der Waals surface area contributed by atoms with Crippen LogP contribution < -0.4 is 0 Å². The molecule has 0 aliphatic rings. The molecule has 0 radical (unpaired) electrons. The van der Waals surface area contributed by atoms with E-state index in [9.17, 15) is 19.1 Å². The lowest BCUT2D eigenvalue weighted by Crippen LogP contribution is -2.22. The van der Waals surface area contributed by atoms with Crippen LogP contribution in [0.2, 0.25) is 0 Å². The van der Waals surface area contributed by atoms with E-state index in [1.807, 2.05) is 0 Å². The van der Waals surface area contributed by atoms with Crippen molar-refractivity contribution in [3.05, 3.63) is 34.4 Å². The minimum atomic E-state index is -1.93. The van der Waals surface area contributed by atoms with Gasteiger partial charge in [0.1, 0.15) is 10.1 Å². The number of carboxylic acid groups (broad SMARTS) is 1. The average molecular weight is 243 g/mol. The van der Waals surface area contributed by atoms with Gasteiger partial charge in [-0.25, -0.2) is 0 Å². The third-order valence-corrected chi connectivity index (χ3v) is 3.57. The van der Waals surface area contributed by atoms with Crippen LogP contribution >= 0.6 is 0 Å². The van der Waals surface area contributed by atoms with Crippen LogP contribution in [0, 0.1) is 10.1 Å². The Morgan fingerprint density at radius 3 is 2.56 bits per heavy atom. The van der Waals surface area contributed by atoms with E-state index in [1.165, 1.54) is 31.2 Å². The zero-order chi connectivity index (χ0) is 12.3. The minimum absolute atomic E-state index is 0.0672. The predicted octanol–water partition coefficient (Wildman–Crippen LogP) is 1.18. The highest BCUT2D eigenvalue weighted by molar-refractivity contribution is 7.86. The smallest absolute Gasteiger partial charge is 0.319 e. The van der Waals surface area contributed by atoms with Crippen molar-refractivity contribution in [2.75, 3.05) is 0 Å². The van der Waals surface area contributed by atoms with Crippen molar-refractivity contribution in [3.63, 3.8) is 0 Å². The van der Waals surface area contributed by atoms with Crippen LogP contribution in [0.4, 0.5) is 5.69 Å². The van der Waals surface area contributed by atoms with Crippen LogP contribution in [0.25, 0.3) is 0 Å². The Balaban J connectivity index is 3.18. The molecule has 0 aliphatic heterocycles. The van der Waals surface area contributed by atoms with Crippen LogP contribution in [0.5, 0.6) is 0 Å². The molecule has 1 N–H and O–H groups in total. The fourth-order valence-corrected chi connectivity index (χ4v) is 2.19. The third kappa shape index (κ3) is 2.43. The maximum Gasteiger partial charge on any atom is 0.319 e. The predicted molar refractivity (Wildman–Crippen MR) is 56.6 cm³/mol. The first kappa shape index (κ1) is 12.3. The fourth-order valence-electron chi connectivity index (χ4n) is 1.06. The third-order valence-electron chi connectivity index (χ3n) is 1.95. The molecule has 0 spiro atoms. The second-order valence-electron chi connectivity index (χ2n) is 3.00. The number of hydrogen-bond donors (Lipinski definition) is 1. The van der Waals surface area contributed by atoms with Gasteiger partial charge in [-0.05, 0) is 13.0 Å². The maximum absolute atomic E-state index is 11.7. The van der Waals surface area contributed by atoms with Gasteiger partial charge in [0, 0.05) is 6.07 Å². The quantitative estimate of drug-likeness (QED) is 0.632. The number of carbonyl (C=O) groups is 1. The van der Waals surface area contributed by atoms with Gasteiger partial charge in [0.25, 0.3) is 5.69 Å². The molecule has 6 nitrogen and oxygen atoms in total. The average Bonchev–Trinajstić information content (AvgIpc) is 2.26. The lowest BCUT2D eigenvalue weighted by molar-refractivity contribution is -0.387. The van der Waals surface area contributed by atoms with Gasteiger partial charge in [0.2, 0.25) is 0 Å². The highest BCUT2D eigenvalue weighted by Crippen LogP contribution is 2.23. The van der Waals surface area contributed by atoms with Crippen LogP contribution in [0.15, 0.2) is 29.2 Å². The van der Waals surface area contributed by atoms with Gasteiger partial charge in [-0.1, -0.05) is 12.1 Å². The Morgan fingerprint density at radius 1 is 1.50 bits per heavy atom. The van der Waals surface area contributed by atoms with Crippen molar-refractivity contribution in [2.24, 2.45) is 0 Å². The number of hydrogen-bond acceptors (Lipinski definition) is 4. The molecule has 0 saturated carbocycles. The molecule has 0 aromatic heterocycles. The Morgan fingerprint density at radius 2 is 2.06 bits per heavy atom. The standard InChI is InChI=1S/C9H9NO5S/c1-6(9(11)12)16(15)8-5-3-2-4-7(8)10(13)14/h2-6H,1H3,(H,11,12). The van der Waals surface area contributed by atoms with Crippen molar-refractivity contribution < 1.29 is 19.0 Å². The highest BCUT2D eigenvalue weighted by atomic mass is 32.2. The number of carboxylic acids is 1. The van der Waals surface area contributed by atoms with E-state index in [1.54, 1.807) is 0 Å². The molecule has 16 heavy (non-hydrogen) atoms. The molecule has 0 amide bonds. The number of rotatable bonds is 4. The zero-order valence-electron chi connectivity index (χ0n) is 8.32. The van der Waals surface area contributed by atoms with E-state index in [0.717, 1.165) is 0 Å². The summed E-state index contributed by atoms with van der Waals surface area (Å²) in [5, 5.41) is 18.1. The lowest BCUT2D eigenvalue weighted by Gasteiger charge is -2.06. The van der Waals surface area contributed by atoms with Gasteiger partial charge in [-0.2, -0.15) is 0 Å². The first-order valence-corrected chi connectivity index (χ1v) is 5.53. The molecule has 0 aliphatic carbocycles. The largest absolute Gasteiger partial charge is 0.480 e. The number of nitro groups is 1. The Labute approximate surface area is 93.5 Å². The van der Waals surface area contributed by atoms with Crippen LogP contribution in [-0.2, 0) is 15.6 Å². The van der Waals surface area contributed by atoms with Crippen molar-refractivity contribution in [1.82, 2.24) is 0 Å². The molecule has 86 valence electrons. The molecule has 7 heteroatoms. The molecular weight excluding hydrogens is 234 g/mol. The second-order valence-corrected chi connectivity index (χ2v) is 4.74. The van der Waals surface area contributed by atoms with Crippen LogP contribution in [0.3, 0.4) is 0 Å². The van der Waals surface area contributed by atoms with Crippen molar-refractivity contribution in [2.45, 2.75) is 17.1 Å². The molecule has 1 rings (SSSR count). The SMILES string of the molecule is CC(C(=O)O)S(=O)c1ccccc1[N+](=O)[O-]. The fraction of sp³-hybridized carbons (Fsp3) is 0.222. The van der Waals surface area contributed by atoms with Crippen molar-refractivity contribution in [1.29, 1.82) is 0 Å². The number of para-hydroxylation sites is 1. The summed E-state index contributed by atoms with van der Waals surface area (Å²) in [6.07, 6.45) is 0. The number of nitro benzene ring substituents is 1. The Kier molecular flexibility index (Phi) is 3.73. The van der Waals surface area contributed by atoms with E-state index in [0.29, 0.717) is 0 Å². The maximum atomic E-state index is 11.7. The van der Waals surface area contributed by atoms with Crippen molar-refractivity contribution in [3.8, 4) is 0 Å². The summed E-state index contributed by atoms with van der Waals surface area (Å²) in [6.45, 7) is 1.25. The number of benzene rings is 1. The molecule has 1 aromatic carbocycles. The second kappa shape index (κ2) is 4.84. The Bertz CT molecular complexity index is 459. The topological polar surface area (TPSA) is 97.5 Å². The molecule has 0 bridgehead atoms. The summed E-state index contributed by atoms with van der Waals surface area (Å²) in [6, 6.07) is 5.41. The summed E-state index contributed by atoms with van der Waals surface area (Å²) >= 11 is 0. The summed E-state index contributed by atoms with van der Waals surface area (Å²) in [5.41, 5.74) is -0.325. The number of nitrogens with zero attached hydrogens (tertiary/aromatic N) is 1. The summed E-state index contributed by atoms with van der Waals surface area (Å²) in [5.74, 6) is -1.25. The van der Waals surface area contributed by atoms with Gasteiger partial charge in [0.15, 0.2) is 0 Å². The van der Waals surface area contributed by atoms with Gasteiger partial charge in [0.05, 0.1) is 15.7 Å². The Hall–Kier alpha value is -1.76. The summed E-state index contributed by atoms with van der Waals surface area (Å²) in [7, 11) is -1.93. The zero-order valence-corrected chi connectivity index (χ0v) is 9.14. The van der Waals surface area contributed by atoms with Crippen LogP contribution in [-0.4, -0.2) is 25.5 Å². The molecule has 2 unspecified atom stereocenters. The van der Waals surface area contributed by atoms with Gasteiger partial charge in [-0.15, -0.1) is 0 Å². The highest BCUT2D eigenvalue weighted by Gasteiger charge is 2.26. The van der Waals surface area contributed by atoms with E-state index in [2.05, 4.69) is 0 Å². The molecule has 1 aromatic rings. The lowest BCUT2D eigenvalue weighted by atomic mass is 10.3. The van der Waals surface area contributed by atoms with E-state index >= 15 is 0 Å². The molecule has 0 fully saturated rings. The van der Waals surface area contributed by atoms with E-state index < -0.39 is 26.9 Å². The van der Waals surface area contributed by atoms with Gasteiger partial charge >= 0.3 is 5.97 Å². The summed E-state index contributed by atoms with van der Waals surface area (Å²) < 4.78 is 11.7. The molecule has 0 heterocycles. The van der Waals surface area contributed by atoms with Gasteiger partial charge < -0.3 is 5.11 Å². The molecule has 2 atom stereocenters. The van der Waals surface area contributed by atoms with E-state index in [-0.39, 0.29) is 10.6 Å². The van der Waals surface area contributed by atoms with Crippen molar-refractivity contribution >= 4 is 22.5 Å². The summed E-state index contributed by atoms with van der Waals surface area (Å²) in [4.78, 5) is 20.5. The van der Waals surface area contributed by atoms with Gasteiger partial charge in [-0.3, -0.25) is 19.1 Å². The first-order chi connectivity index (χ1) is 7.45. The normalized spacial score (nSPS) is 14.1. The minimum Gasteiger partial charge on any atom is -0.480 e. The monoisotopic (exact) mass is 243 g/mol. The first-order valence-electron chi connectivity index (χ1n) is 4.32. The van der Waals surface area contributed by atoms with Crippen LogP contribution in [0.1, 0.15) is 6.92 Å². The molecule has 0 saturated heterocycles. The number of aliphatic carboxylic acids is 1. The van der Waals surface area contributed by atoms with E-state index in [4.69, 9.17) is 5.11 Å². The molecular formula is C9H9NO5S.